The molecule has 0 saturated heterocycles. The fraction of sp³-hybridized carbons (Fsp3) is 0.600. The zero-order valence-electron chi connectivity index (χ0n) is 11.0. The summed E-state index contributed by atoms with van der Waals surface area (Å²) in [5, 5.41) is 14.4. The topological polar surface area (TPSA) is 55.2 Å². The average Bonchev–Trinajstić information content (AvgIpc) is 3.24. The summed E-state index contributed by atoms with van der Waals surface area (Å²) in [5.41, 5.74) is 0.866. The highest BCUT2D eigenvalue weighted by Gasteiger charge is 2.34. The molecule has 0 bridgehead atoms. The SMILES string of the molecule is O=[N+]([O-])c1ccccc1NC1CCCC(C2CC2)C1. The third kappa shape index (κ3) is 2.88. The van der Waals surface area contributed by atoms with Gasteiger partial charge in [-0.25, -0.2) is 0 Å². The number of rotatable bonds is 4. The van der Waals surface area contributed by atoms with Gasteiger partial charge in [-0.1, -0.05) is 25.0 Å². The van der Waals surface area contributed by atoms with Crippen LogP contribution in [0.1, 0.15) is 38.5 Å². The second-order valence-corrected chi connectivity index (χ2v) is 5.88. The summed E-state index contributed by atoms with van der Waals surface area (Å²) in [7, 11) is 0. The van der Waals surface area contributed by atoms with E-state index in [0.29, 0.717) is 11.7 Å². The Kier molecular flexibility index (Phi) is 3.40. The molecule has 0 heterocycles. The zero-order chi connectivity index (χ0) is 13.2. The molecule has 0 aromatic heterocycles. The van der Waals surface area contributed by atoms with Crippen LogP contribution >= 0.6 is 0 Å². The highest BCUT2D eigenvalue weighted by molar-refractivity contribution is 5.61. The molecular weight excluding hydrogens is 240 g/mol. The van der Waals surface area contributed by atoms with Crippen LogP contribution < -0.4 is 5.32 Å². The van der Waals surface area contributed by atoms with Crippen LogP contribution in [0.25, 0.3) is 0 Å². The van der Waals surface area contributed by atoms with Crippen LogP contribution in [0, 0.1) is 22.0 Å². The molecule has 2 fully saturated rings. The van der Waals surface area contributed by atoms with Gasteiger partial charge >= 0.3 is 0 Å². The lowest BCUT2D eigenvalue weighted by Gasteiger charge is -2.30. The number of nitrogens with zero attached hydrogens (tertiary/aromatic N) is 1. The van der Waals surface area contributed by atoms with Crippen molar-refractivity contribution in [1.82, 2.24) is 0 Å². The van der Waals surface area contributed by atoms with E-state index in [0.717, 1.165) is 18.3 Å². The van der Waals surface area contributed by atoms with E-state index in [-0.39, 0.29) is 10.6 Å². The van der Waals surface area contributed by atoms with Crippen molar-refractivity contribution in [1.29, 1.82) is 0 Å². The number of hydrogen-bond acceptors (Lipinski definition) is 3. The molecule has 1 aromatic rings. The Hall–Kier alpha value is -1.58. The van der Waals surface area contributed by atoms with Gasteiger partial charge in [-0.15, -0.1) is 0 Å². The van der Waals surface area contributed by atoms with Crippen molar-refractivity contribution < 1.29 is 4.92 Å². The van der Waals surface area contributed by atoms with Crippen LogP contribution in [-0.4, -0.2) is 11.0 Å². The molecule has 2 atom stereocenters. The third-order valence-corrected chi connectivity index (χ3v) is 4.46. The highest BCUT2D eigenvalue weighted by Crippen LogP contribution is 2.44. The number of nitrogens with one attached hydrogen (secondary N) is 1. The summed E-state index contributed by atoms with van der Waals surface area (Å²) in [5.74, 6) is 1.78. The summed E-state index contributed by atoms with van der Waals surface area (Å²) >= 11 is 0. The maximum Gasteiger partial charge on any atom is 0.292 e. The van der Waals surface area contributed by atoms with E-state index in [4.69, 9.17) is 0 Å². The first-order chi connectivity index (χ1) is 9.24. The van der Waals surface area contributed by atoms with Crippen LogP contribution in [0.5, 0.6) is 0 Å². The first-order valence-electron chi connectivity index (χ1n) is 7.24. The van der Waals surface area contributed by atoms with Crippen LogP contribution in [0.4, 0.5) is 11.4 Å². The maximum absolute atomic E-state index is 11.0. The predicted octanol–water partition coefficient (Wildman–Crippen LogP) is 3.98. The molecule has 0 amide bonds. The minimum atomic E-state index is -0.302. The number of anilines is 1. The number of nitro groups is 1. The van der Waals surface area contributed by atoms with Crippen LogP contribution in [0.2, 0.25) is 0 Å². The molecule has 1 aromatic carbocycles. The molecule has 2 aliphatic rings. The van der Waals surface area contributed by atoms with Crippen molar-refractivity contribution in [2.24, 2.45) is 11.8 Å². The van der Waals surface area contributed by atoms with Crippen molar-refractivity contribution in [3.63, 3.8) is 0 Å². The monoisotopic (exact) mass is 260 g/mol. The molecule has 0 aliphatic heterocycles. The zero-order valence-corrected chi connectivity index (χ0v) is 11.0. The highest BCUT2D eigenvalue weighted by atomic mass is 16.6. The predicted molar refractivity (Wildman–Crippen MR) is 75.2 cm³/mol. The molecule has 102 valence electrons. The summed E-state index contributed by atoms with van der Waals surface area (Å²) in [6, 6.07) is 7.37. The number of hydrogen-bond donors (Lipinski definition) is 1. The summed E-state index contributed by atoms with van der Waals surface area (Å²) in [4.78, 5) is 10.7. The van der Waals surface area contributed by atoms with Gasteiger partial charge in [0.2, 0.25) is 0 Å². The Balaban J connectivity index is 1.68. The molecule has 3 rings (SSSR count). The summed E-state index contributed by atoms with van der Waals surface area (Å²) in [6.45, 7) is 0. The Morgan fingerprint density at radius 1 is 1.11 bits per heavy atom. The van der Waals surface area contributed by atoms with E-state index in [1.165, 1.54) is 32.1 Å². The lowest BCUT2D eigenvalue weighted by Crippen LogP contribution is -2.28. The summed E-state index contributed by atoms with van der Waals surface area (Å²) < 4.78 is 0. The van der Waals surface area contributed by atoms with Crippen molar-refractivity contribution in [2.45, 2.75) is 44.6 Å². The number of benzene rings is 1. The molecule has 2 unspecified atom stereocenters. The average molecular weight is 260 g/mol. The molecule has 19 heavy (non-hydrogen) atoms. The van der Waals surface area contributed by atoms with E-state index in [9.17, 15) is 10.1 Å². The lowest BCUT2D eigenvalue weighted by atomic mass is 9.82. The Bertz CT molecular complexity index is 471. The van der Waals surface area contributed by atoms with Crippen molar-refractivity contribution in [2.75, 3.05) is 5.32 Å². The Morgan fingerprint density at radius 2 is 1.89 bits per heavy atom. The smallest absolute Gasteiger partial charge is 0.292 e. The van der Waals surface area contributed by atoms with Gasteiger partial charge in [0.25, 0.3) is 5.69 Å². The van der Waals surface area contributed by atoms with Gasteiger partial charge in [0.15, 0.2) is 0 Å². The van der Waals surface area contributed by atoms with Crippen LogP contribution in [0.15, 0.2) is 24.3 Å². The standard InChI is InChI=1S/C15H20N2O2/c18-17(19)15-7-2-1-6-14(15)16-13-5-3-4-12(10-13)11-8-9-11/h1-2,6-7,11-13,16H,3-5,8-10H2. The quantitative estimate of drug-likeness (QED) is 0.658. The molecular formula is C15H20N2O2. The Morgan fingerprint density at radius 3 is 2.63 bits per heavy atom. The molecule has 2 saturated carbocycles. The van der Waals surface area contributed by atoms with Gasteiger partial charge < -0.3 is 5.32 Å². The second kappa shape index (κ2) is 5.19. The number of nitro benzene ring substituents is 1. The van der Waals surface area contributed by atoms with Crippen LogP contribution in [-0.2, 0) is 0 Å². The van der Waals surface area contributed by atoms with Crippen molar-refractivity contribution in [3.8, 4) is 0 Å². The van der Waals surface area contributed by atoms with Crippen molar-refractivity contribution in [3.05, 3.63) is 34.4 Å². The number of para-hydroxylation sites is 2. The fourth-order valence-corrected chi connectivity index (χ4v) is 3.33. The van der Waals surface area contributed by atoms with Gasteiger partial charge in [0, 0.05) is 12.1 Å². The first kappa shape index (κ1) is 12.5. The van der Waals surface area contributed by atoms with Crippen LogP contribution in [0.3, 0.4) is 0 Å². The molecule has 0 spiro atoms. The minimum Gasteiger partial charge on any atom is -0.377 e. The van der Waals surface area contributed by atoms with E-state index in [1.807, 2.05) is 12.1 Å². The van der Waals surface area contributed by atoms with E-state index >= 15 is 0 Å². The maximum atomic E-state index is 11.0. The summed E-state index contributed by atoms with van der Waals surface area (Å²) in [6.07, 6.45) is 7.69. The lowest BCUT2D eigenvalue weighted by molar-refractivity contribution is -0.384. The molecule has 4 nitrogen and oxygen atoms in total. The third-order valence-electron chi connectivity index (χ3n) is 4.46. The first-order valence-corrected chi connectivity index (χ1v) is 7.24. The van der Waals surface area contributed by atoms with Gasteiger partial charge in [0.1, 0.15) is 5.69 Å². The van der Waals surface area contributed by atoms with E-state index < -0.39 is 0 Å². The molecule has 1 N–H and O–H groups in total. The van der Waals surface area contributed by atoms with Gasteiger partial charge in [-0.3, -0.25) is 10.1 Å². The van der Waals surface area contributed by atoms with Crippen molar-refractivity contribution >= 4 is 11.4 Å². The van der Waals surface area contributed by atoms with Gasteiger partial charge in [-0.2, -0.15) is 0 Å². The van der Waals surface area contributed by atoms with Gasteiger partial charge in [0.05, 0.1) is 4.92 Å². The minimum absolute atomic E-state index is 0.191. The molecule has 2 aliphatic carbocycles. The largest absolute Gasteiger partial charge is 0.377 e. The Labute approximate surface area is 113 Å². The fourth-order valence-electron chi connectivity index (χ4n) is 3.33. The second-order valence-electron chi connectivity index (χ2n) is 5.88. The molecule has 0 radical (unpaired) electrons. The normalized spacial score (nSPS) is 26.9. The molecule has 4 heteroatoms. The van der Waals surface area contributed by atoms with E-state index in [1.54, 1.807) is 12.1 Å². The van der Waals surface area contributed by atoms with E-state index in [2.05, 4.69) is 5.32 Å². The van der Waals surface area contributed by atoms with Gasteiger partial charge in [-0.05, 0) is 43.6 Å².